The summed E-state index contributed by atoms with van der Waals surface area (Å²) in [4.78, 5) is 16.8. The highest BCUT2D eigenvalue weighted by Gasteiger charge is 2.26. The van der Waals surface area contributed by atoms with Crippen molar-refractivity contribution in [3.05, 3.63) is 29.3 Å². The SMILES string of the molecule is CC[C@@H](C)NC(=O)[C@@H](C)N1CCN(c2ccc(Cl)cc2)CC1. The summed E-state index contributed by atoms with van der Waals surface area (Å²) in [5.41, 5.74) is 1.20. The van der Waals surface area contributed by atoms with Gasteiger partial charge in [0.2, 0.25) is 5.91 Å². The normalized spacial score (nSPS) is 18.8. The number of benzene rings is 1. The zero-order valence-corrected chi connectivity index (χ0v) is 14.4. The Bertz CT molecular complexity index is 483. The number of hydrogen-bond acceptors (Lipinski definition) is 3. The van der Waals surface area contributed by atoms with E-state index in [9.17, 15) is 4.79 Å². The van der Waals surface area contributed by atoms with Gasteiger partial charge in [0.1, 0.15) is 0 Å². The van der Waals surface area contributed by atoms with E-state index in [1.54, 1.807) is 0 Å². The van der Waals surface area contributed by atoms with Crippen LogP contribution in [0.15, 0.2) is 24.3 Å². The van der Waals surface area contributed by atoms with E-state index >= 15 is 0 Å². The lowest BCUT2D eigenvalue weighted by molar-refractivity contribution is -0.126. The van der Waals surface area contributed by atoms with Crippen molar-refractivity contribution < 1.29 is 4.79 Å². The van der Waals surface area contributed by atoms with Gasteiger partial charge in [-0.1, -0.05) is 18.5 Å². The number of carbonyl (C=O) groups is 1. The topological polar surface area (TPSA) is 35.6 Å². The molecule has 5 heteroatoms. The van der Waals surface area contributed by atoms with Crippen molar-refractivity contribution >= 4 is 23.2 Å². The molecule has 1 aromatic carbocycles. The predicted molar refractivity (Wildman–Crippen MR) is 92.6 cm³/mol. The smallest absolute Gasteiger partial charge is 0.237 e. The first-order valence-corrected chi connectivity index (χ1v) is 8.44. The van der Waals surface area contributed by atoms with E-state index in [2.05, 4.69) is 34.2 Å². The molecule has 22 heavy (non-hydrogen) atoms. The van der Waals surface area contributed by atoms with E-state index < -0.39 is 0 Å². The molecule has 2 rings (SSSR count). The third-order valence-electron chi connectivity index (χ3n) is 4.43. The van der Waals surface area contributed by atoms with Gasteiger partial charge in [-0.25, -0.2) is 0 Å². The Hall–Kier alpha value is -1.26. The van der Waals surface area contributed by atoms with Gasteiger partial charge in [0.05, 0.1) is 6.04 Å². The van der Waals surface area contributed by atoms with Crippen LogP contribution in [0.5, 0.6) is 0 Å². The van der Waals surface area contributed by atoms with Crippen LogP contribution in [0.1, 0.15) is 27.2 Å². The highest BCUT2D eigenvalue weighted by atomic mass is 35.5. The van der Waals surface area contributed by atoms with Gasteiger partial charge in [-0.3, -0.25) is 9.69 Å². The predicted octanol–water partition coefficient (Wildman–Crippen LogP) is 2.77. The largest absolute Gasteiger partial charge is 0.369 e. The number of carbonyl (C=O) groups excluding carboxylic acids is 1. The lowest BCUT2D eigenvalue weighted by atomic mass is 10.1. The molecule has 0 aromatic heterocycles. The molecular formula is C17H26ClN3O. The fourth-order valence-corrected chi connectivity index (χ4v) is 2.78. The minimum Gasteiger partial charge on any atom is -0.369 e. The number of amides is 1. The van der Waals surface area contributed by atoms with Crippen molar-refractivity contribution in [1.29, 1.82) is 0 Å². The van der Waals surface area contributed by atoms with E-state index in [4.69, 9.17) is 11.6 Å². The fourth-order valence-electron chi connectivity index (χ4n) is 2.65. The molecule has 1 heterocycles. The van der Waals surface area contributed by atoms with Gasteiger partial charge in [0.25, 0.3) is 0 Å². The van der Waals surface area contributed by atoms with Crippen LogP contribution in [-0.2, 0) is 4.79 Å². The van der Waals surface area contributed by atoms with Gasteiger partial charge in [0.15, 0.2) is 0 Å². The van der Waals surface area contributed by atoms with Crippen molar-refractivity contribution in [2.45, 2.75) is 39.3 Å². The van der Waals surface area contributed by atoms with Gasteiger partial charge >= 0.3 is 0 Å². The summed E-state index contributed by atoms with van der Waals surface area (Å²) in [6.45, 7) is 9.79. The molecule has 1 aliphatic rings. The Morgan fingerprint density at radius 3 is 2.32 bits per heavy atom. The molecule has 2 atom stereocenters. The molecule has 1 saturated heterocycles. The Kier molecular flexibility index (Phi) is 6.09. The molecule has 1 aromatic rings. The first-order chi connectivity index (χ1) is 10.5. The lowest BCUT2D eigenvalue weighted by Gasteiger charge is -2.38. The quantitative estimate of drug-likeness (QED) is 0.905. The van der Waals surface area contributed by atoms with Gasteiger partial charge in [-0.05, 0) is 44.5 Å². The third-order valence-corrected chi connectivity index (χ3v) is 4.69. The van der Waals surface area contributed by atoms with Gasteiger partial charge < -0.3 is 10.2 Å². The average molecular weight is 324 g/mol. The Labute approximate surface area is 138 Å². The number of piperazine rings is 1. The van der Waals surface area contributed by atoms with Gasteiger partial charge in [0, 0.05) is 42.9 Å². The van der Waals surface area contributed by atoms with E-state index in [-0.39, 0.29) is 18.0 Å². The maximum absolute atomic E-state index is 12.2. The third kappa shape index (κ3) is 4.37. The summed E-state index contributed by atoms with van der Waals surface area (Å²) in [5.74, 6) is 0.134. The fraction of sp³-hybridized carbons (Fsp3) is 0.588. The molecule has 122 valence electrons. The minimum atomic E-state index is -0.0682. The van der Waals surface area contributed by atoms with Crippen molar-refractivity contribution in [3.8, 4) is 0 Å². The van der Waals surface area contributed by atoms with E-state index in [1.807, 2.05) is 26.0 Å². The van der Waals surface area contributed by atoms with Crippen LogP contribution in [-0.4, -0.2) is 49.1 Å². The minimum absolute atomic E-state index is 0.0682. The number of rotatable bonds is 5. The molecule has 1 fully saturated rings. The average Bonchev–Trinajstić information content (AvgIpc) is 2.55. The van der Waals surface area contributed by atoms with E-state index in [0.717, 1.165) is 37.6 Å². The van der Waals surface area contributed by atoms with E-state index in [1.165, 1.54) is 5.69 Å². The number of nitrogens with one attached hydrogen (secondary N) is 1. The molecule has 0 bridgehead atoms. The number of anilines is 1. The summed E-state index contributed by atoms with van der Waals surface area (Å²) >= 11 is 5.93. The summed E-state index contributed by atoms with van der Waals surface area (Å²) in [6, 6.07) is 8.12. The van der Waals surface area contributed by atoms with Gasteiger partial charge in [-0.15, -0.1) is 0 Å². The number of halogens is 1. The van der Waals surface area contributed by atoms with Crippen LogP contribution in [0, 0.1) is 0 Å². The number of nitrogens with zero attached hydrogens (tertiary/aromatic N) is 2. The van der Waals surface area contributed by atoms with Crippen LogP contribution in [0.25, 0.3) is 0 Å². The van der Waals surface area contributed by atoms with Crippen LogP contribution in [0.4, 0.5) is 5.69 Å². The van der Waals surface area contributed by atoms with Crippen LogP contribution < -0.4 is 10.2 Å². The molecule has 0 unspecified atom stereocenters. The monoisotopic (exact) mass is 323 g/mol. The first kappa shape index (κ1) is 17.1. The second-order valence-electron chi connectivity index (χ2n) is 5.99. The molecule has 1 aliphatic heterocycles. The van der Waals surface area contributed by atoms with E-state index in [0.29, 0.717) is 0 Å². The molecular weight excluding hydrogens is 298 g/mol. The molecule has 0 spiro atoms. The second-order valence-corrected chi connectivity index (χ2v) is 6.43. The maximum atomic E-state index is 12.2. The molecule has 1 N–H and O–H groups in total. The molecule has 4 nitrogen and oxygen atoms in total. The highest BCUT2D eigenvalue weighted by Crippen LogP contribution is 2.20. The first-order valence-electron chi connectivity index (χ1n) is 8.06. The van der Waals surface area contributed by atoms with Crippen molar-refractivity contribution in [3.63, 3.8) is 0 Å². The van der Waals surface area contributed by atoms with Crippen molar-refractivity contribution in [2.75, 3.05) is 31.1 Å². The summed E-state index contributed by atoms with van der Waals surface area (Å²) in [7, 11) is 0. The van der Waals surface area contributed by atoms with Crippen molar-refractivity contribution in [1.82, 2.24) is 10.2 Å². The van der Waals surface area contributed by atoms with Crippen LogP contribution in [0.2, 0.25) is 5.02 Å². The Balaban J connectivity index is 1.86. The highest BCUT2D eigenvalue weighted by molar-refractivity contribution is 6.30. The molecule has 1 amide bonds. The standard InChI is InChI=1S/C17H26ClN3O/c1-4-13(2)19-17(22)14(3)20-9-11-21(12-10-20)16-7-5-15(18)6-8-16/h5-8,13-14H,4,9-12H2,1-3H3,(H,19,22)/t13-,14-/m1/s1. The van der Waals surface area contributed by atoms with Crippen LogP contribution in [0.3, 0.4) is 0 Å². The molecule has 0 saturated carbocycles. The van der Waals surface area contributed by atoms with Crippen LogP contribution >= 0.6 is 11.6 Å². The maximum Gasteiger partial charge on any atom is 0.237 e. The molecule has 0 aliphatic carbocycles. The summed E-state index contributed by atoms with van der Waals surface area (Å²) < 4.78 is 0. The Morgan fingerprint density at radius 2 is 1.77 bits per heavy atom. The second kappa shape index (κ2) is 7.84. The van der Waals surface area contributed by atoms with Gasteiger partial charge in [-0.2, -0.15) is 0 Å². The molecule has 0 radical (unpaired) electrons. The summed E-state index contributed by atoms with van der Waals surface area (Å²) in [5, 5.41) is 3.83. The zero-order valence-electron chi connectivity index (χ0n) is 13.7. The zero-order chi connectivity index (χ0) is 16.1. The Morgan fingerprint density at radius 1 is 1.18 bits per heavy atom. The lowest BCUT2D eigenvalue weighted by Crippen LogP contribution is -2.54. The summed E-state index contributed by atoms with van der Waals surface area (Å²) in [6.07, 6.45) is 0.961. The van der Waals surface area contributed by atoms with Crippen molar-refractivity contribution in [2.24, 2.45) is 0 Å². The number of hydrogen-bond donors (Lipinski definition) is 1.